The van der Waals surface area contributed by atoms with Gasteiger partial charge in [-0.25, -0.2) is 13.8 Å². The van der Waals surface area contributed by atoms with Crippen LogP contribution in [0.1, 0.15) is 27.7 Å². The van der Waals surface area contributed by atoms with E-state index in [0.717, 1.165) is 11.1 Å². The van der Waals surface area contributed by atoms with Crippen molar-refractivity contribution in [2.45, 2.75) is 58.2 Å². The molecule has 1 fully saturated rings. The van der Waals surface area contributed by atoms with E-state index < -0.39 is 78.4 Å². The van der Waals surface area contributed by atoms with Crippen LogP contribution in [0.25, 0.3) is 0 Å². The van der Waals surface area contributed by atoms with Gasteiger partial charge in [-0.05, 0) is 0 Å². The van der Waals surface area contributed by atoms with E-state index >= 15 is 4.39 Å². The number of alkyl halides is 2. The molecule has 1 saturated heterocycles. The second kappa shape index (κ2) is 9.44. The zero-order chi connectivity index (χ0) is 22.8. The molecular weight excluding hydrogens is 428 g/mol. The summed E-state index contributed by atoms with van der Waals surface area (Å²) in [7, 11) is 0. The van der Waals surface area contributed by atoms with E-state index in [4.69, 9.17) is 31.5 Å². The Bertz CT molecular complexity index is 735. The highest BCUT2D eigenvalue weighted by Crippen LogP contribution is 2.40. The Morgan fingerprint density at radius 1 is 1.37 bits per heavy atom. The third kappa shape index (κ3) is 4.84. The van der Waals surface area contributed by atoms with E-state index in [2.05, 4.69) is 4.99 Å². The fourth-order valence-corrected chi connectivity index (χ4v) is 3.11. The van der Waals surface area contributed by atoms with Crippen LogP contribution in [-0.4, -0.2) is 70.7 Å². The summed E-state index contributed by atoms with van der Waals surface area (Å²) in [6.07, 6.45) is -6.35. The largest absolute Gasteiger partial charge is 0.462 e. The Morgan fingerprint density at radius 2 is 1.97 bits per heavy atom. The molecule has 2 aliphatic rings. The number of aliphatic imine (C=N–C) groups is 1. The average molecular weight is 454 g/mol. The second-order valence-electron chi connectivity index (χ2n) is 7.71. The molecule has 0 spiro atoms. The summed E-state index contributed by atoms with van der Waals surface area (Å²) < 4.78 is 45.5. The lowest BCUT2D eigenvalue weighted by Gasteiger charge is -2.34. The van der Waals surface area contributed by atoms with Gasteiger partial charge in [-0.3, -0.25) is 9.59 Å². The number of nitrogens with two attached hydrogens (primary N) is 1. The van der Waals surface area contributed by atoms with Gasteiger partial charge in [-0.2, -0.15) is 0 Å². The highest BCUT2D eigenvalue weighted by molar-refractivity contribution is 6.18. The van der Waals surface area contributed by atoms with Crippen molar-refractivity contribution in [3.8, 4) is 0 Å². The molecule has 0 aromatic carbocycles. The number of ether oxygens (including phenoxy) is 3. The van der Waals surface area contributed by atoms with Gasteiger partial charge in [0, 0.05) is 6.20 Å². The predicted molar refractivity (Wildman–Crippen MR) is 102 cm³/mol. The van der Waals surface area contributed by atoms with Crippen molar-refractivity contribution in [2.75, 3.05) is 12.5 Å². The van der Waals surface area contributed by atoms with E-state index in [1.807, 2.05) is 0 Å². The number of amidine groups is 1. The molecular formula is C18H26ClF2N3O6. The first-order valence-electron chi connectivity index (χ1n) is 9.35. The van der Waals surface area contributed by atoms with Gasteiger partial charge in [-0.1, -0.05) is 27.7 Å². The van der Waals surface area contributed by atoms with Crippen molar-refractivity contribution in [1.82, 2.24) is 4.90 Å². The Kier molecular flexibility index (Phi) is 7.64. The average Bonchev–Trinajstić information content (AvgIpc) is 2.95. The SMILES string of the molecule is CC(C)C(=O)OC[C@@]1(CCl)O[C@@H](N2C=C(F)C(N)=NC2O)[C@@H](F)[C@@H]1OC(=O)C(C)C. The van der Waals surface area contributed by atoms with Crippen LogP contribution in [-0.2, 0) is 23.8 Å². The van der Waals surface area contributed by atoms with Gasteiger partial charge in [0.1, 0.15) is 6.61 Å². The lowest BCUT2D eigenvalue weighted by Crippen LogP contribution is -2.51. The quantitative estimate of drug-likeness (QED) is 0.435. The molecule has 0 aromatic heterocycles. The number of rotatable bonds is 7. The van der Waals surface area contributed by atoms with Crippen LogP contribution >= 0.6 is 11.6 Å². The minimum atomic E-state index is -2.09. The van der Waals surface area contributed by atoms with Crippen LogP contribution in [0.3, 0.4) is 0 Å². The van der Waals surface area contributed by atoms with Gasteiger partial charge < -0.3 is 30.0 Å². The van der Waals surface area contributed by atoms with Crippen molar-refractivity contribution in [2.24, 2.45) is 22.6 Å². The van der Waals surface area contributed by atoms with E-state index in [9.17, 15) is 19.1 Å². The molecule has 5 atom stereocenters. The number of halogens is 3. The first-order chi connectivity index (χ1) is 13.9. The zero-order valence-electron chi connectivity index (χ0n) is 17.0. The van der Waals surface area contributed by atoms with Crippen LogP contribution in [0.2, 0.25) is 0 Å². The second-order valence-corrected chi connectivity index (χ2v) is 7.98. The maximum atomic E-state index is 15.4. The molecule has 2 aliphatic heterocycles. The maximum Gasteiger partial charge on any atom is 0.308 e. The molecule has 0 amide bonds. The van der Waals surface area contributed by atoms with E-state index in [1.54, 1.807) is 27.7 Å². The highest BCUT2D eigenvalue weighted by Gasteiger charge is 2.61. The highest BCUT2D eigenvalue weighted by atomic mass is 35.5. The molecule has 3 N–H and O–H groups in total. The minimum absolute atomic E-state index is 0.424. The first-order valence-corrected chi connectivity index (χ1v) is 9.88. The topological polar surface area (TPSA) is 124 Å². The smallest absolute Gasteiger partial charge is 0.308 e. The number of hydrogen-bond acceptors (Lipinski definition) is 9. The van der Waals surface area contributed by atoms with Crippen LogP contribution in [0, 0.1) is 11.8 Å². The lowest BCUT2D eigenvalue weighted by atomic mass is 9.98. The molecule has 30 heavy (non-hydrogen) atoms. The van der Waals surface area contributed by atoms with Gasteiger partial charge in [-0.15, -0.1) is 11.6 Å². The fourth-order valence-electron chi connectivity index (χ4n) is 2.81. The van der Waals surface area contributed by atoms with Crippen molar-refractivity contribution in [1.29, 1.82) is 0 Å². The molecule has 170 valence electrons. The summed E-state index contributed by atoms with van der Waals surface area (Å²) in [5, 5.41) is 10.1. The number of esters is 2. The summed E-state index contributed by atoms with van der Waals surface area (Å²) in [6.45, 7) is 5.77. The van der Waals surface area contributed by atoms with E-state index in [1.165, 1.54) is 0 Å². The van der Waals surface area contributed by atoms with Gasteiger partial charge in [0.05, 0.1) is 17.7 Å². The van der Waals surface area contributed by atoms with Crippen LogP contribution in [0.5, 0.6) is 0 Å². The van der Waals surface area contributed by atoms with Crippen LogP contribution < -0.4 is 5.73 Å². The van der Waals surface area contributed by atoms with Crippen LogP contribution in [0.4, 0.5) is 8.78 Å². The molecule has 9 nitrogen and oxygen atoms in total. The van der Waals surface area contributed by atoms with Crippen molar-refractivity contribution in [3.63, 3.8) is 0 Å². The monoisotopic (exact) mass is 453 g/mol. The zero-order valence-corrected chi connectivity index (χ0v) is 17.8. The van der Waals surface area contributed by atoms with Gasteiger partial charge in [0.25, 0.3) is 0 Å². The summed E-state index contributed by atoms with van der Waals surface area (Å²) in [6, 6.07) is 0. The summed E-state index contributed by atoms with van der Waals surface area (Å²) in [4.78, 5) is 28.3. The van der Waals surface area contributed by atoms with Crippen molar-refractivity contribution < 1.29 is 37.7 Å². The maximum absolute atomic E-state index is 15.4. The molecule has 0 aliphatic carbocycles. The summed E-state index contributed by atoms with van der Waals surface area (Å²) in [5.41, 5.74) is 3.54. The fraction of sp³-hybridized carbons (Fsp3) is 0.722. The number of hydrogen-bond donors (Lipinski definition) is 2. The minimum Gasteiger partial charge on any atom is -0.462 e. The number of carbonyl (C=O) groups is 2. The molecule has 0 saturated carbocycles. The molecule has 0 aromatic rings. The Morgan fingerprint density at radius 3 is 2.50 bits per heavy atom. The molecule has 1 unspecified atom stereocenters. The van der Waals surface area contributed by atoms with Crippen LogP contribution in [0.15, 0.2) is 17.0 Å². The number of aliphatic hydroxyl groups excluding tert-OH is 1. The Balaban J connectivity index is 2.37. The summed E-state index contributed by atoms with van der Waals surface area (Å²) >= 11 is 6.05. The third-order valence-corrected chi connectivity index (χ3v) is 5.08. The molecule has 2 rings (SSSR count). The Hall–Kier alpha value is -1.98. The van der Waals surface area contributed by atoms with Crippen molar-refractivity contribution >= 4 is 29.4 Å². The third-order valence-electron chi connectivity index (χ3n) is 4.63. The van der Waals surface area contributed by atoms with E-state index in [-0.39, 0.29) is 0 Å². The molecule has 2 heterocycles. The number of aliphatic hydroxyl groups is 1. The molecule has 0 radical (unpaired) electrons. The number of nitrogens with zero attached hydrogens (tertiary/aromatic N) is 2. The van der Waals surface area contributed by atoms with Gasteiger partial charge >= 0.3 is 11.9 Å². The normalized spacial score (nSPS) is 31.6. The Labute approximate surface area is 177 Å². The van der Waals surface area contributed by atoms with E-state index in [0.29, 0.717) is 0 Å². The predicted octanol–water partition coefficient (Wildman–Crippen LogP) is 1.19. The standard InChI is InChI=1S/C18H26ClF2N3O6/c1-8(2)15(25)28-7-18(6-19)12(29-16(26)9(3)4)11(21)14(30-18)24-5-10(20)13(22)23-17(24)27/h5,8-9,11-12,14,17,27H,6-7H2,1-4H3,(H2,22,23)/t11-,12-,14+,17?,18+/m0/s1. The molecule has 0 bridgehead atoms. The number of carbonyl (C=O) groups excluding carboxylic acids is 2. The van der Waals surface area contributed by atoms with Gasteiger partial charge in [0.2, 0.25) is 6.35 Å². The molecule has 12 heteroatoms. The lowest BCUT2D eigenvalue weighted by molar-refractivity contribution is -0.184. The first kappa shape index (κ1) is 24.3. The summed E-state index contributed by atoms with van der Waals surface area (Å²) in [5.74, 6) is -4.41. The van der Waals surface area contributed by atoms with Crippen molar-refractivity contribution in [3.05, 3.63) is 12.0 Å². The van der Waals surface area contributed by atoms with Gasteiger partial charge in [0.15, 0.2) is 35.8 Å².